The second kappa shape index (κ2) is 6.88. The van der Waals surface area contributed by atoms with Crippen LogP contribution in [0.25, 0.3) is 0 Å². The lowest BCUT2D eigenvalue weighted by atomic mass is 9.91. The largest absolute Gasteiger partial charge is 0.501 e. The molecule has 0 unspecified atom stereocenters. The molecule has 5 nitrogen and oxygen atoms in total. The maximum atomic E-state index is 12.6. The van der Waals surface area contributed by atoms with Crippen LogP contribution in [0, 0.1) is 0 Å². The maximum absolute atomic E-state index is 12.6. The fourth-order valence-corrected chi connectivity index (χ4v) is 4.55. The van der Waals surface area contributed by atoms with Gasteiger partial charge in [-0.05, 0) is 73.2 Å². The van der Waals surface area contributed by atoms with Crippen molar-refractivity contribution in [2.75, 3.05) is 18.0 Å². The predicted octanol–water partition coefficient (Wildman–Crippen LogP) is 5.09. The Hall–Kier alpha value is -2.42. The number of hydrogen-bond donors (Lipinski definition) is 0. The Morgan fingerprint density at radius 2 is 1.39 bits per heavy atom. The van der Waals surface area contributed by atoms with Crippen molar-refractivity contribution in [3.05, 3.63) is 47.5 Å². The number of azo groups is 1. The highest BCUT2D eigenvalue weighted by atomic mass is 32.2. The third-order valence-corrected chi connectivity index (χ3v) is 6.55. The van der Waals surface area contributed by atoms with Gasteiger partial charge in [0.05, 0.1) is 16.3 Å². The van der Waals surface area contributed by atoms with Crippen LogP contribution < -0.4 is 4.90 Å². The number of hydrogen-bond acceptors (Lipinski definition) is 5. The van der Waals surface area contributed by atoms with Crippen LogP contribution in [0.1, 0.15) is 24.0 Å². The highest BCUT2D eigenvalue weighted by Gasteiger charge is 2.46. The molecule has 0 radical (unpaired) electrons. The molecule has 0 saturated heterocycles. The molecule has 2 heterocycles. The fourth-order valence-electron chi connectivity index (χ4n) is 3.78. The molecule has 2 aromatic carbocycles. The first-order chi connectivity index (χ1) is 13.3. The quantitative estimate of drug-likeness (QED) is 0.663. The first-order valence-corrected chi connectivity index (χ1v) is 10.5. The van der Waals surface area contributed by atoms with Crippen molar-refractivity contribution in [2.45, 2.75) is 36.1 Å². The standard InChI is InChI=1S/C19H18F3N3O2S/c20-19(21,22)28(26,27)17-7-5-15(6-8-17)23-24-16-11-13-3-1-9-25-10-2-4-14(12-16)18(13)25/h5-8,11-12H,1-4,9-10H2. The molecule has 0 fully saturated rings. The van der Waals surface area contributed by atoms with Gasteiger partial charge in [0, 0.05) is 18.8 Å². The fraction of sp³-hybridized carbons (Fsp3) is 0.368. The average Bonchev–Trinajstić information content (AvgIpc) is 2.66. The van der Waals surface area contributed by atoms with E-state index in [1.54, 1.807) is 0 Å². The van der Waals surface area contributed by atoms with E-state index in [1.165, 1.54) is 28.9 Å². The first-order valence-electron chi connectivity index (χ1n) is 8.99. The Labute approximate surface area is 160 Å². The van der Waals surface area contributed by atoms with Crippen molar-refractivity contribution in [3.63, 3.8) is 0 Å². The molecule has 0 aliphatic carbocycles. The molecular formula is C19H18F3N3O2S. The van der Waals surface area contributed by atoms with E-state index in [0.717, 1.165) is 50.9 Å². The number of benzene rings is 2. The summed E-state index contributed by atoms with van der Waals surface area (Å²) in [7, 11) is -5.36. The maximum Gasteiger partial charge on any atom is 0.501 e. The molecule has 0 N–H and O–H groups in total. The number of alkyl halides is 3. The molecule has 0 aromatic heterocycles. The molecule has 0 atom stereocenters. The molecule has 28 heavy (non-hydrogen) atoms. The highest BCUT2D eigenvalue weighted by Crippen LogP contribution is 2.38. The van der Waals surface area contributed by atoms with E-state index in [4.69, 9.17) is 0 Å². The molecule has 0 amide bonds. The summed E-state index contributed by atoms with van der Waals surface area (Å²) in [4.78, 5) is 1.61. The summed E-state index contributed by atoms with van der Waals surface area (Å²) in [6.45, 7) is 2.15. The van der Waals surface area contributed by atoms with Gasteiger partial charge in [0.2, 0.25) is 0 Å². The molecular weight excluding hydrogens is 391 g/mol. The van der Waals surface area contributed by atoms with Gasteiger partial charge in [-0.2, -0.15) is 23.4 Å². The van der Waals surface area contributed by atoms with Gasteiger partial charge in [-0.25, -0.2) is 8.42 Å². The summed E-state index contributed by atoms with van der Waals surface area (Å²) in [6, 6.07) is 8.22. The normalized spacial score (nSPS) is 17.0. The number of anilines is 1. The van der Waals surface area contributed by atoms with Crippen LogP contribution in [-0.4, -0.2) is 27.0 Å². The predicted molar refractivity (Wildman–Crippen MR) is 99.2 cm³/mol. The summed E-state index contributed by atoms with van der Waals surface area (Å²) < 4.78 is 60.6. The van der Waals surface area contributed by atoms with Gasteiger partial charge in [0.1, 0.15) is 0 Å². The van der Waals surface area contributed by atoms with E-state index in [-0.39, 0.29) is 5.69 Å². The van der Waals surface area contributed by atoms with Gasteiger partial charge >= 0.3 is 5.51 Å². The summed E-state index contributed by atoms with van der Waals surface area (Å²) in [5.41, 5.74) is -0.515. The lowest BCUT2D eigenvalue weighted by Gasteiger charge is -2.36. The third-order valence-electron chi connectivity index (χ3n) is 5.05. The Balaban J connectivity index is 1.59. The minimum atomic E-state index is -5.36. The summed E-state index contributed by atoms with van der Waals surface area (Å²) in [5.74, 6) is 0. The van der Waals surface area contributed by atoms with Crippen LogP contribution in [0.3, 0.4) is 0 Å². The van der Waals surface area contributed by atoms with Gasteiger partial charge in [-0.15, -0.1) is 0 Å². The molecule has 2 aromatic rings. The molecule has 2 aliphatic heterocycles. The molecule has 4 rings (SSSR count). The van der Waals surface area contributed by atoms with Crippen LogP contribution in [0.2, 0.25) is 0 Å². The van der Waals surface area contributed by atoms with Crippen LogP contribution in [-0.2, 0) is 22.7 Å². The minimum absolute atomic E-state index is 0.286. The Morgan fingerprint density at radius 3 is 1.93 bits per heavy atom. The van der Waals surface area contributed by atoms with E-state index in [2.05, 4.69) is 15.1 Å². The number of sulfone groups is 1. The van der Waals surface area contributed by atoms with E-state index in [0.29, 0.717) is 5.69 Å². The van der Waals surface area contributed by atoms with E-state index in [9.17, 15) is 21.6 Å². The number of aryl methyl sites for hydroxylation is 2. The van der Waals surface area contributed by atoms with Crippen molar-refractivity contribution in [2.24, 2.45) is 10.2 Å². The van der Waals surface area contributed by atoms with Crippen LogP contribution >= 0.6 is 0 Å². The third kappa shape index (κ3) is 3.39. The van der Waals surface area contributed by atoms with E-state index in [1.807, 2.05) is 12.1 Å². The van der Waals surface area contributed by atoms with Crippen molar-refractivity contribution < 1.29 is 21.6 Å². The number of rotatable bonds is 3. The van der Waals surface area contributed by atoms with Gasteiger partial charge in [0.15, 0.2) is 0 Å². The molecule has 0 saturated carbocycles. The minimum Gasteiger partial charge on any atom is -0.371 e. The van der Waals surface area contributed by atoms with Crippen LogP contribution in [0.15, 0.2) is 51.5 Å². The van der Waals surface area contributed by atoms with E-state index < -0.39 is 20.2 Å². The monoisotopic (exact) mass is 409 g/mol. The summed E-state index contributed by atoms with van der Waals surface area (Å²) >= 11 is 0. The molecule has 9 heteroatoms. The lowest BCUT2D eigenvalue weighted by molar-refractivity contribution is -0.0436. The lowest BCUT2D eigenvalue weighted by Crippen LogP contribution is -2.34. The number of nitrogens with zero attached hydrogens (tertiary/aromatic N) is 3. The zero-order valence-corrected chi connectivity index (χ0v) is 15.7. The van der Waals surface area contributed by atoms with Crippen LogP contribution in [0.4, 0.5) is 30.2 Å². The highest BCUT2D eigenvalue weighted by molar-refractivity contribution is 7.92. The number of halogens is 3. The SMILES string of the molecule is O=S(=O)(c1ccc(N=Nc2cc3c4c(c2)CCCN4CCC3)cc1)C(F)(F)F. The molecule has 0 spiro atoms. The Bertz CT molecular complexity index is 1000. The zero-order valence-electron chi connectivity index (χ0n) is 14.9. The van der Waals surface area contributed by atoms with Crippen molar-refractivity contribution in [1.29, 1.82) is 0 Å². The molecule has 148 valence electrons. The van der Waals surface area contributed by atoms with Crippen LogP contribution in [0.5, 0.6) is 0 Å². The van der Waals surface area contributed by atoms with E-state index >= 15 is 0 Å². The van der Waals surface area contributed by atoms with Gasteiger partial charge in [0.25, 0.3) is 9.84 Å². The topological polar surface area (TPSA) is 62.1 Å². The van der Waals surface area contributed by atoms with Crippen molar-refractivity contribution in [1.82, 2.24) is 0 Å². The van der Waals surface area contributed by atoms with Gasteiger partial charge < -0.3 is 4.90 Å². The van der Waals surface area contributed by atoms with Gasteiger partial charge in [-0.3, -0.25) is 0 Å². The second-order valence-electron chi connectivity index (χ2n) is 6.95. The zero-order chi connectivity index (χ0) is 19.9. The molecule has 2 aliphatic rings. The van der Waals surface area contributed by atoms with Crippen molar-refractivity contribution >= 4 is 26.9 Å². The summed E-state index contributed by atoms with van der Waals surface area (Å²) in [5, 5.41) is 8.28. The smallest absolute Gasteiger partial charge is 0.371 e. The molecule has 0 bridgehead atoms. The Kier molecular flexibility index (Phi) is 4.65. The average molecular weight is 409 g/mol. The summed E-state index contributed by atoms with van der Waals surface area (Å²) in [6.07, 6.45) is 4.18. The van der Waals surface area contributed by atoms with Gasteiger partial charge in [-0.1, -0.05) is 0 Å². The first kappa shape index (κ1) is 18.9. The second-order valence-corrected chi connectivity index (χ2v) is 8.89. The van der Waals surface area contributed by atoms with Crippen molar-refractivity contribution in [3.8, 4) is 0 Å². The Morgan fingerprint density at radius 1 is 0.857 bits per heavy atom.